The SMILES string of the molecule is Cc1ccc(N=C=O)c(C#N)c1. The Morgan fingerprint density at radius 3 is 2.83 bits per heavy atom. The normalized spacial score (nSPS) is 8.33. The molecular weight excluding hydrogens is 152 g/mol. The number of aliphatic imine (C=N–C) groups is 1. The summed E-state index contributed by atoms with van der Waals surface area (Å²) in [7, 11) is 0. The highest BCUT2D eigenvalue weighted by atomic mass is 16.1. The Morgan fingerprint density at radius 2 is 2.25 bits per heavy atom. The molecule has 0 atom stereocenters. The third kappa shape index (κ3) is 1.57. The Balaban J connectivity index is 3.31. The standard InChI is InChI=1S/C9H6N2O/c1-7-2-3-9(11-6-12)8(4-7)5-10/h2-4H,1H3. The van der Waals surface area contributed by atoms with Gasteiger partial charge in [0, 0.05) is 0 Å². The van der Waals surface area contributed by atoms with Crippen molar-refractivity contribution < 1.29 is 4.79 Å². The Bertz CT molecular complexity index is 384. The fraction of sp³-hybridized carbons (Fsp3) is 0.111. The summed E-state index contributed by atoms with van der Waals surface area (Å²) in [5, 5.41) is 8.63. The molecule has 0 bridgehead atoms. The van der Waals surface area contributed by atoms with E-state index >= 15 is 0 Å². The van der Waals surface area contributed by atoms with Crippen LogP contribution in [-0.2, 0) is 4.79 Å². The summed E-state index contributed by atoms with van der Waals surface area (Å²) < 4.78 is 0. The minimum Gasteiger partial charge on any atom is -0.211 e. The molecule has 0 saturated carbocycles. The summed E-state index contributed by atoms with van der Waals surface area (Å²) in [6.45, 7) is 1.87. The monoisotopic (exact) mass is 158 g/mol. The van der Waals surface area contributed by atoms with Gasteiger partial charge >= 0.3 is 0 Å². The third-order valence-electron chi connectivity index (χ3n) is 1.44. The van der Waals surface area contributed by atoms with Crippen LogP contribution in [0.2, 0.25) is 0 Å². The number of benzene rings is 1. The minimum absolute atomic E-state index is 0.373. The number of hydrogen-bond acceptors (Lipinski definition) is 3. The van der Waals surface area contributed by atoms with E-state index in [1.807, 2.05) is 13.0 Å². The zero-order valence-electron chi connectivity index (χ0n) is 6.53. The zero-order chi connectivity index (χ0) is 8.97. The van der Waals surface area contributed by atoms with E-state index in [0.717, 1.165) is 5.56 Å². The molecule has 0 saturated heterocycles. The second kappa shape index (κ2) is 3.47. The van der Waals surface area contributed by atoms with E-state index in [9.17, 15) is 4.79 Å². The molecule has 12 heavy (non-hydrogen) atoms. The van der Waals surface area contributed by atoms with Crippen molar-refractivity contribution in [2.75, 3.05) is 0 Å². The molecule has 3 heteroatoms. The van der Waals surface area contributed by atoms with Crippen LogP contribution in [-0.4, -0.2) is 6.08 Å². The number of rotatable bonds is 1. The molecule has 0 spiro atoms. The van der Waals surface area contributed by atoms with E-state index in [-0.39, 0.29) is 0 Å². The molecule has 1 aromatic rings. The number of isocyanates is 1. The van der Waals surface area contributed by atoms with Gasteiger partial charge in [-0.3, -0.25) is 0 Å². The van der Waals surface area contributed by atoms with Crippen LogP contribution < -0.4 is 0 Å². The van der Waals surface area contributed by atoms with Crippen molar-refractivity contribution >= 4 is 11.8 Å². The average Bonchev–Trinajstić information content (AvgIpc) is 2.08. The van der Waals surface area contributed by atoms with Gasteiger partial charge in [0.05, 0.1) is 11.3 Å². The van der Waals surface area contributed by atoms with Gasteiger partial charge in [0.1, 0.15) is 6.07 Å². The van der Waals surface area contributed by atoms with E-state index in [0.29, 0.717) is 11.3 Å². The van der Waals surface area contributed by atoms with E-state index in [4.69, 9.17) is 5.26 Å². The van der Waals surface area contributed by atoms with E-state index in [2.05, 4.69) is 4.99 Å². The van der Waals surface area contributed by atoms with Gasteiger partial charge in [-0.05, 0) is 24.6 Å². The maximum atomic E-state index is 9.93. The van der Waals surface area contributed by atoms with Gasteiger partial charge in [-0.15, -0.1) is 0 Å². The van der Waals surface area contributed by atoms with Crippen LogP contribution in [0, 0.1) is 18.3 Å². The van der Waals surface area contributed by atoms with E-state index in [1.165, 1.54) is 6.08 Å². The van der Waals surface area contributed by atoms with Crippen molar-refractivity contribution in [3.8, 4) is 6.07 Å². The first kappa shape index (κ1) is 8.19. The number of nitriles is 1. The highest BCUT2D eigenvalue weighted by molar-refractivity contribution is 5.59. The molecule has 0 aliphatic heterocycles. The maximum absolute atomic E-state index is 9.93. The first-order chi connectivity index (χ1) is 5.77. The summed E-state index contributed by atoms with van der Waals surface area (Å²) >= 11 is 0. The first-order valence-electron chi connectivity index (χ1n) is 3.36. The molecule has 0 aliphatic carbocycles. The van der Waals surface area contributed by atoms with Gasteiger partial charge in [0.15, 0.2) is 0 Å². The predicted molar refractivity (Wildman–Crippen MR) is 43.7 cm³/mol. The van der Waals surface area contributed by atoms with Crippen LogP contribution in [0.4, 0.5) is 5.69 Å². The van der Waals surface area contributed by atoms with Crippen molar-refractivity contribution in [1.82, 2.24) is 0 Å². The smallest absolute Gasteiger partial charge is 0.211 e. The fourth-order valence-electron chi connectivity index (χ4n) is 0.886. The fourth-order valence-corrected chi connectivity index (χ4v) is 0.886. The number of nitrogens with zero attached hydrogens (tertiary/aromatic N) is 2. The third-order valence-corrected chi connectivity index (χ3v) is 1.44. The molecule has 0 unspecified atom stereocenters. The van der Waals surface area contributed by atoms with Crippen molar-refractivity contribution in [2.45, 2.75) is 6.92 Å². The number of aryl methyl sites for hydroxylation is 1. The second-order valence-corrected chi connectivity index (χ2v) is 2.34. The van der Waals surface area contributed by atoms with Gasteiger partial charge in [-0.25, -0.2) is 4.79 Å². The maximum Gasteiger partial charge on any atom is 0.240 e. The molecule has 0 amide bonds. The van der Waals surface area contributed by atoms with Gasteiger partial charge in [0.2, 0.25) is 6.08 Å². The topological polar surface area (TPSA) is 53.2 Å². The van der Waals surface area contributed by atoms with Crippen LogP contribution >= 0.6 is 0 Å². The van der Waals surface area contributed by atoms with Gasteiger partial charge in [-0.2, -0.15) is 10.3 Å². The molecule has 0 radical (unpaired) electrons. The highest BCUT2D eigenvalue weighted by Gasteiger charge is 1.99. The summed E-state index contributed by atoms with van der Waals surface area (Å²) in [6.07, 6.45) is 1.40. The summed E-state index contributed by atoms with van der Waals surface area (Å²) in [5.74, 6) is 0. The van der Waals surface area contributed by atoms with Crippen molar-refractivity contribution in [3.05, 3.63) is 29.3 Å². The summed E-state index contributed by atoms with van der Waals surface area (Å²) in [5.41, 5.74) is 1.74. The molecule has 3 nitrogen and oxygen atoms in total. The number of carbonyl (C=O) groups excluding carboxylic acids is 1. The van der Waals surface area contributed by atoms with Crippen LogP contribution in [0.1, 0.15) is 11.1 Å². The van der Waals surface area contributed by atoms with Gasteiger partial charge in [-0.1, -0.05) is 6.07 Å². The van der Waals surface area contributed by atoms with Crippen LogP contribution in [0.3, 0.4) is 0 Å². The predicted octanol–water partition coefficient (Wildman–Crippen LogP) is 1.83. The van der Waals surface area contributed by atoms with Crippen molar-refractivity contribution in [1.29, 1.82) is 5.26 Å². The minimum atomic E-state index is 0.373. The van der Waals surface area contributed by atoms with Crippen LogP contribution in [0.25, 0.3) is 0 Å². The molecule has 1 aromatic carbocycles. The lowest BCUT2D eigenvalue weighted by molar-refractivity contribution is 0.565. The summed E-state index contributed by atoms with van der Waals surface area (Å²) in [6, 6.07) is 7.04. The zero-order valence-corrected chi connectivity index (χ0v) is 6.53. The molecule has 0 aliphatic rings. The van der Waals surface area contributed by atoms with Crippen molar-refractivity contribution in [2.24, 2.45) is 4.99 Å². The lowest BCUT2D eigenvalue weighted by Gasteiger charge is -1.95. The molecule has 0 aromatic heterocycles. The molecule has 0 fully saturated rings. The van der Waals surface area contributed by atoms with Gasteiger partial charge in [0.25, 0.3) is 0 Å². The summed E-state index contributed by atoms with van der Waals surface area (Å²) in [4.78, 5) is 13.3. The Kier molecular flexibility index (Phi) is 2.37. The average molecular weight is 158 g/mol. The van der Waals surface area contributed by atoms with E-state index < -0.39 is 0 Å². The second-order valence-electron chi connectivity index (χ2n) is 2.34. The quantitative estimate of drug-likeness (QED) is 0.462. The number of hydrogen-bond donors (Lipinski definition) is 0. The lowest BCUT2D eigenvalue weighted by atomic mass is 10.1. The highest BCUT2D eigenvalue weighted by Crippen LogP contribution is 2.18. The Labute approximate surface area is 70.0 Å². The largest absolute Gasteiger partial charge is 0.240 e. The molecule has 0 heterocycles. The van der Waals surface area contributed by atoms with E-state index in [1.54, 1.807) is 18.2 Å². The Morgan fingerprint density at radius 1 is 1.50 bits per heavy atom. The van der Waals surface area contributed by atoms with Crippen LogP contribution in [0.15, 0.2) is 23.2 Å². The first-order valence-corrected chi connectivity index (χ1v) is 3.36. The van der Waals surface area contributed by atoms with Gasteiger partial charge < -0.3 is 0 Å². The molecule has 1 rings (SSSR count). The Hall–Kier alpha value is -1.91. The lowest BCUT2D eigenvalue weighted by Crippen LogP contribution is -1.78. The molecular formula is C9H6N2O. The molecule has 58 valence electrons. The van der Waals surface area contributed by atoms with Crippen molar-refractivity contribution in [3.63, 3.8) is 0 Å². The van der Waals surface area contributed by atoms with Crippen LogP contribution in [0.5, 0.6) is 0 Å². The molecule has 0 N–H and O–H groups in total.